The Hall–Kier alpha value is -2.18. The van der Waals surface area contributed by atoms with Crippen molar-refractivity contribution in [2.24, 2.45) is 11.8 Å². The molecule has 2 aromatic rings. The first kappa shape index (κ1) is 20.1. The summed E-state index contributed by atoms with van der Waals surface area (Å²) in [5.41, 5.74) is 3.97. The number of Topliss-reactive ketones (excluding diaryl/α,β-unsaturated/α-hetero) is 1. The number of carbonyl (C=O) groups is 2. The maximum atomic E-state index is 12.8. The molecule has 1 saturated heterocycles. The molecule has 7 heteroatoms. The van der Waals surface area contributed by atoms with Gasteiger partial charge in [0.05, 0.1) is 23.9 Å². The molecule has 0 radical (unpaired) electrons. The van der Waals surface area contributed by atoms with Gasteiger partial charge < -0.3 is 9.64 Å². The number of aromatic nitrogens is 2. The molecule has 2 fully saturated rings. The number of halogens is 1. The lowest BCUT2D eigenvalue weighted by molar-refractivity contribution is 0.0380. The first-order valence-corrected chi connectivity index (χ1v) is 10.4. The van der Waals surface area contributed by atoms with Crippen molar-refractivity contribution >= 4 is 23.4 Å². The fourth-order valence-electron chi connectivity index (χ4n) is 4.55. The molecule has 6 nitrogen and oxygen atoms in total. The van der Waals surface area contributed by atoms with Gasteiger partial charge in [-0.2, -0.15) is 9.78 Å². The van der Waals surface area contributed by atoms with Gasteiger partial charge >= 0.3 is 6.03 Å². The number of ether oxygens (including phenoxy) is 1. The zero-order valence-corrected chi connectivity index (χ0v) is 17.8. The average Bonchev–Trinajstić information content (AvgIpc) is 3.35. The molecule has 2 heterocycles. The van der Waals surface area contributed by atoms with Crippen LogP contribution in [-0.2, 0) is 11.3 Å². The van der Waals surface area contributed by atoms with Crippen molar-refractivity contribution in [3.8, 4) is 0 Å². The molecule has 1 aliphatic carbocycles. The van der Waals surface area contributed by atoms with E-state index in [4.69, 9.17) is 16.3 Å². The molecule has 2 aliphatic rings. The van der Waals surface area contributed by atoms with E-state index >= 15 is 0 Å². The van der Waals surface area contributed by atoms with Crippen molar-refractivity contribution < 1.29 is 14.3 Å². The summed E-state index contributed by atoms with van der Waals surface area (Å²) in [5, 5.41) is 4.27. The number of aryl methyl sites for hydroxylation is 1. The molecule has 0 spiro atoms. The minimum Gasteiger partial charge on any atom is -0.374 e. The highest BCUT2D eigenvalue weighted by atomic mass is 35.5. The molecule has 1 aliphatic heterocycles. The van der Waals surface area contributed by atoms with Gasteiger partial charge in [-0.05, 0) is 55.2 Å². The van der Waals surface area contributed by atoms with Crippen LogP contribution in [0.15, 0.2) is 24.4 Å². The highest BCUT2D eigenvalue weighted by molar-refractivity contribution is 6.33. The molecule has 29 heavy (non-hydrogen) atoms. The van der Waals surface area contributed by atoms with Gasteiger partial charge in [0.2, 0.25) is 0 Å². The number of hydrogen-bond acceptors (Lipinski definition) is 4. The summed E-state index contributed by atoms with van der Waals surface area (Å²) in [5.74, 6) is 0.644. The van der Waals surface area contributed by atoms with E-state index < -0.39 is 0 Å². The van der Waals surface area contributed by atoms with Crippen LogP contribution in [0.25, 0.3) is 0 Å². The molecule has 1 amide bonds. The maximum absolute atomic E-state index is 12.8. The number of amides is 1. The lowest BCUT2D eigenvalue weighted by Crippen LogP contribution is -2.34. The van der Waals surface area contributed by atoms with Crippen LogP contribution < -0.4 is 0 Å². The summed E-state index contributed by atoms with van der Waals surface area (Å²) in [6.07, 6.45) is 3.60. The van der Waals surface area contributed by atoms with Crippen LogP contribution in [-0.4, -0.2) is 45.7 Å². The van der Waals surface area contributed by atoms with Gasteiger partial charge in [0.25, 0.3) is 0 Å². The lowest BCUT2D eigenvalue weighted by Gasteiger charge is -2.19. The van der Waals surface area contributed by atoms with E-state index in [0.717, 1.165) is 12.8 Å². The average molecular weight is 416 g/mol. The molecular weight excluding hydrogens is 390 g/mol. The van der Waals surface area contributed by atoms with E-state index in [0.29, 0.717) is 31.5 Å². The Morgan fingerprint density at radius 2 is 1.90 bits per heavy atom. The zero-order valence-electron chi connectivity index (χ0n) is 17.0. The van der Waals surface area contributed by atoms with E-state index in [1.54, 1.807) is 0 Å². The molecule has 3 atom stereocenters. The number of rotatable bonds is 4. The molecule has 1 aromatic carbocycles. The fourth-order valence-corrected chi connectivity index (χ4v) is 4.81. The number of likely N-dealkylation sites (tertiary alicyclic amines) is 1. The SMILES string of the molecule is CC(=O)c1nn(C(=O)N2C[C@H]3C[C@H](OCc4cccc(C)c4C)C[C@H]3C2)cc1Cl. The van der Waals surface area contributed by atoms with Crippen molar-refractivity contribution in [3.05, 3.63) is 51.8 Å². The van der Waals surface area contributed by atoms with Gasteiger partial charge in [0.1, 0.15) is 5.69 Å². The summed E-state index contributed by atoms with van der Waals surface area (Å²) in [6.45, 7) is 7.68. The standard InChI is InChI=1S/C22H26ClN3O3/c1-13-5-4-6-16(14(13)2)12-29-19-7-17-9-25(10-18(17)8-19)22(28)26-11-20(23)21(24-26)15(3)27/h4-6,11,17-19H,7-10,12H2,1-3H3/t17-,18+,19+. The first-order valence-electron chi connectivity index (χ1n) is 10.1. The van der Waals surface area contributed by atoms with Gasteiger partial charge in [-0.15, -0.1) is 0 Å². The summed E-state index contributed by atoms with van der Waals surface area (Å²) in [4.78, 5) is 26.1. The summed E-state index contributed by atoms with van der Waals surface area (Å²) in [7, 11) is 0. The molecule has 0 N–H and O–H groups in total. The quantitative estimate of drug-likeness (QED) is 0.700. The van der Waals surface area contributed by atoms with Crippen LogP contribution in [0, 0.1) is 25.7 Å². The van der Waals surface area contributed by atoms with Gasteiger partial charge in [0.15, 0.2) is 5.78 Å². The van der Waals surface area contributed by atoms with E-state index in [-0.39, 0.29) is 28.6 Å². The molecule has 1 aromatic heterocycles. The number of nitrogens with zero attached hydrogens (tertiary/aromatic N) is 3. The predicted octanol–water partition coefficient (Wildman–Crippen LogP) is 4.25. The zero-order chi connectivity index (χ0) is 20.7. The second-order valence-corrected chi connectivity index (χ2v) is 8.70. The Balaban J connectivity index is 1.33. The Morgan fingerprint density at radius 3 is 2.52 bits per heavy atom. The minimum absolute atomic E-state index is 0.138. The van der Waals surface area contributed by atoms with Crippen molar-refractivity contribution in [1.29, 1.82) is 0 Å². The number of carbonyl (C=O) groups excluding carboxylic acids is 2. The smallest absolute Gasteiger partial charge is 0.344 e. The minimum atomic E-state index is -0.247. The van der Waals surface area contributed by atoms with Crippen LogP contribution in [0.4, 0.5) is 4.79 Å². The highest BCUT2D eigenvalue weighted by Gasteiger charge is 2.43. The third kappa shape index (κ3) is 3.96. The molecule has 1 saturated carbocycles. The number of benzene rings is 1. The summed E-state index contributed by atoms with van der Waals surface area (Å²) < 4.78 is 7.40. The van der Waals surface area contributed by atoms with Crippen LogP contribution in [0.1, 0.15) is 46.9 Å². The van der Waals surface area contributed by atoms with Crippen molar-refractivity contribution in [3.63, 3.8) is 0 Å². The second-order valence-electron chi connectivity index (χ2n) is 8.30. The van der Waals surface area contributed by atoms with Gasteiger partial charge in [-0.3, -0.25) is 4.79 Å². The third-order valence-corrected chi connectivity index (χ3v) is 6.65. The van der Waals surface area contributed by atoms with Gasteiger partial charge in [0, 0.05) is 20.0 Å². The molecular formula is C22H26ClN3O3. The van der Waals surface area contributed by atoms with Crippen LogP contribution in [0.2, 0.25) is 5.02 Å². The first-order chi connectivity index (χ1) is 13.8. The van der Waals surface area contributed by atoms with E-state index in [2.05, 4.69) is 37.1 Å². The monoisotopic (exact) mass is 415 g/mol. The van der Waals surface area contributed by atoms with Crippen molar-refractivity contribution in [2.45, 2.75) is 46.3 Å². The Morgan fingerprint density at radius 1 is 1.21 bits per heavy atom. The number of fused-ring (bicyclic) bond motifs is 1. The normalized spacial score (nSPS) is 23.4. The van der Waals surface area contributed by atoms with E-state index in [1.165, 1.54) is 34.5 Å². The highest BCUT2D eigenvalue weighted by Crippen LogP contribution is 2.40. The molecule has 0 unspecified atom stereocenters. The van der Waals surface area contributed by atoms with E-state index in [1.807, 2.05) is 4.90 Å². The Labute approximate surface area is 175 Å². The largest absolute Gasteiger partial charge is 0.374 e. The van der Waals surface area contributed by atoms with Crippen LogP contribution in [0.5, 0.6) is 0 Å². The molecule has 4 rings (SSSR count). The predicted molar refractivity (Wildman–Crippen MR) is 110 cm³/mol. The Kier molecular flexibility index (Phi) is 5.49. The third-order valence-electron chi connectivity index (χ3n) is 6.37. The molecule has 154 valence electrons. The topological polar surface area (TPSA) is 64.4 Å². The maximum Gasteiger partial charge on any atom is 0.344 e. The second kappa shape index (κ2) is 7.92. The van der Waals surface area contributed by atoms with Gasteiger partial charge in [-0.1, -0.05) is 29.8 Å². The Bertz CT molecular complexity index is 941. The lowest BCUT2D eigenvalue weighted by atomic mass is 10.0. The summed E-state index contributed by atoms with van der Waals surface area (Å²) >= 11 is 6.02. The van der Waals surface area contributed by atoms with Gasteiger partial charge in [-0.25, -0.2) is 4.79 Å². The van der Waals surface area contributed by atoms with Crippen LogP contribution in [0.3, 0.4) is 0 Å². The fraction of sp³-hybridized carbons (Fsp3) is 0.500. The summed E-state index contributed by atoms with van der Waals surface area (Å²) in [6, 6.07) is 6.11. The van der Waals surface area contributed by atoms with Crippen LogP contribution >= 0.6 is 11.6 Å². The number of hydrogen-bond donors (Lipinski definition) is 0. The van der Waals surface area contributed by atoms with Crippen molar-refractivity contribution in [1.82, 2.24) is 14.7 Å². The molecule has 0 bridgehead atoms. The number of ketones is 1. The van der Waals surface area contributed by atoms with E-state index in [9.17, 15) is 9.59 Å². The van der Waals surface area contributed by atoms with Crippen molar-refractivity contribution in [2.75, 3.05) is 13.1 Å².